The Morgan fingerprint density at radius 1 is 1.05 bits per heavy atom. The van der Waals surface area contributed by atoms with E-state index in [-0.39, 0.29) is 4.90 Å². The third-order valence-electron chi connectivity index (χ3n) is 3.01. The van der Waals surface area contributed by atoms with Crippen molar-refractivity contribution >= 4 is 15.7 Å². The third kappa shape index (κ3) is 3.96. The highest BCUT2D eigenvalue weighted by Gasteiger charge is 2.13. The SMILES string of the molecule is COc1ccc(NS(=O)(=O)c2ccc(CCN)cc2)cc1. The maximum Gasteiger partial charge on any atom is 0.261 e. The minimum atomic E-state index is -3.59. The molecule has 0 aliphatic rings. The lowest BCUT2D eigenvalue weighted by Gasteiger charge is -2.09. The molecule has 0 aromatic heterocycles. The summed E-state index contributed by atoms with van der Waals surface area (Å²) >= 11 is 0. The van der Waals surface area contributed by atoms with Crippen LogP contribution < -0.4 is 15.2 Å². The fourth-order valence-electron chi connectivity index (χ4n) is 1.88. The summed E-state index contributed by atoms with van der Waals surface area (Å²) < 4.78 is 32.1. The van der Waals surface area contributed by atoms with E-state index < -0.39 is 10.0 Å². The number of sulfonamides is 1. The predicted molar refractivity (Wildman–Crippen MR) is 83.0 cm³/mol. The van der Waals surface area contributed by atoms with Gasteiger partial charge in [-0.1, -0.05) is 12.1 Å². The number of hydrogen-bond acceptors (Lipinski definition) is 4. The second-order valence-electron chi connectivity index (χ2n) is 4.52. The van der Waals surface area contributed by atoms with Crippen LogP contribution in [0.1, 0.15) is 5.56 Å². The molecule has 2 aromatic carbocycles. The quantitative estimate of drug-likeness (QED) is 0.855. The van der Waals surface area contributed by atoms with Crippen LogP contribution in [0.25, 0.3) is 0 Å². The summed E-state index contributed by atoms with van der Waals surface area (Å²) in [6.07, 6.45) is 0.728. The molecule has 112 valence electrons. The summed E-state index contributed by atoms with van der Waals surface area (Å²) in [4.78, 5) is 0.221. The lowest BCUT2D eigenvalue weighted by molar-refractivity contribution is 0.415. The Morgan fingerprint density at radius 2 is 1.67 bits per heavy atom. The molecule has 0 radical (unpaired) electrons. The summed E-state index contributed by atoms with van der Waals surface area (Å²) in [5.74, 6) is 0.670. The monoisotopic (exact) mass is 306 g/mol. The van der Waals surface area contributed by atoms with Gasteiger partial charge in [0.15, 0.2) is 0 Å². The minimum absolute atomic E-state index is 0.221. The van der Waals surface area contributed by atoms with Crippen molar-refractivity contribution in [3.63, 3.8) is 0 Å². The number of nitrogens with two attached hydrogens (primary N) is 1. The van der Waals surface area contributed by atoms with Crippen LogP contribution in [-0.4, -0.2) is 22.1 Å². The molecular weight excluding hydrogens is 288 g/mol. The number of methoxy groups -OCH3 is 1. The van der Waals surface area contributed by atoms with Crippen LogP contribution in [0.4, 0.5) is 5.69 Å². The zero-order valence-corrected chi connectivity index (χ0v) is 12.6. The van der Waals surface area contributed by atoms with Crippen LogP contribution in [0.2, 0.25) is 0 Å². The van der Waals surface area contributed by atoms with Crippen molar-refractivity contribution in [2.45, 2.75) is 11.3 Å². The first-order chi connectivity index (χ1) is 10.0. The summed E-state index contributed by atoms with van der Waals surface area (Å²) in [7, 11) is -2.03. The Hall–Kier alpha value is -2.05. The third-order valence-corrected chi connectivity index (χ3v) is 4.41. The van der Waals surface area contributed by atoms with Gasteiger partial charge in [-0.25, -0.2) is 8.42 Å². The largest absolute Gasteiger partial charge is 0.497 e. The van der Waals surface area contributed by atoms with Crippen molar-refractivity contribution in [1.82, 2.24) is 0 Å². The average molecular weight is 306 g/mol. The summed E-state index contributed by atoms with van der Waals surface area (Å²) in [6, 6.07) is 13.4. The van der Waals surface area contributed by atoms with Gasteiger partial charge >= 0.3 is 0 Å². The number of nitrogens with one attached hydrogen (secondary N) is 1. The Kier molecular flexibility index (Phi) is 4.82. The highest BCUT2D eigenvalue weighted by atomic mass is 32.2. The van der Waals surface area contributed by atoms with Crippen molar-refractivity contribution in [2.24, 2.45) is 5.73 Å². The first-order valence-electron chi connectivity index (χ1n) is 6.51. The minimum Gasteiger partial charge on any atom is -0.497 e. The molecule has 0 fully saturated rings. The molecule has 0 saturated carbocycles. The van der Waals surface area contributed by atoms with Gasteiger partial charge in [-0.05, 0) is 54.9 Å². The Bertz CT molecular complexity index is 680. The van der Waals surface area contributed by atoms with Crippen molar-refractivity contribution in [1.29, 1.82) is 0 Å². The number of benzene rings is 2. The molecule has 21 heavy (non-hydrogen) atoms. The van der Waals surface area contributed by atoms with E-state index in [0.717, 1.165) is 12.0 Å². The molecule has 0 amide bonds. The summed E-state index contributed by atoms with van der Waals surface area (Å²) in [6.45, 7) is 0.538. The molecule has 5 nitrogen and oxygen atoms in total. The molecular formula is C15H18N2O3S. The summed E-state index contributed by atoms with van der Waals surface area (Å²) in [5.41, 5.74) is 6.97. The van der Waals surface area contributed by atoms with Gasteiger partial charge in [-0.3, -0.25) is 4.72 Å². The molecule has 0 aliphatic carbocycles. The van der Waals surface area contributed by atoms with Gasteiger partial charge in [-0.15, -0.1) is 0 Å². The highest BCUT2D eigenvalue weighted by molar-refractivity contribution is 7.92. The van der Waals surface area contributed by atoms with Crippen LogP contribution in [0.15, 0.2) is 53.4 Å². The van der Waals surface area contributed by atoms with E-state index in [0.29, 0.717) is 18.0 Å². The van der Waals surface area contributed by atoms with Crippen LogP contribution >= 0.6 is 0 Å². The second kappa shape index (κ2) is 6.60. The number of anilines is 1. The van der Waals surface area contributed by atoms with Crippen LogP contribution in [0.5, 0.6) is 5.75 Å². The Morgan fingerprint density at radius 3 is 2.19 bits per heavy atom. The van der Waals surface area contributed by atoms with E-state index in [1.165, 1.54) is 0 Å². The maximum atomic E-state index is 12.3. The predicted octanol–water partition coefficient (Wildman–Crippen LogP) is 2.00. The van der Waals surface area contributed by atoms with Gasteiger partial charge in [0, 0.05) is 5.69 Å². The fraction of sp³-hybridized carbons (Fsp3) is 0.200. The van der Waals surface area contributed by atoms with E-state index >= 15 is 0 Å². The van der Waals surface area contributed by atoms with Crippen molar-refractivity contribution in [3.8, 4) is 5.75 Å². The number of ether oxygens (including phenoxy) is 1. The molecule has 0 bridgehead atoms. The topological polar surface area (TPSA) is 81.4 Å². The molecule has 0 saturated heterocycles. The first kappa shape index (κ1) is 15.3. The Labute approximate surface area is 124 Å². The van der Waals surface area contributed by atoms with E-state index in [1.54, 1.807) is 55.6 Å². The molecule has 0 spiro atoms. The van der Waals surface area contributed by atoms with E-state index in [9.17, 15) is 8.42 Å². The standard InChI is InChI=1S/C15H18N2O3S/c1-20-14-6-4-13(5-7-14)17-21(18,19)15-8-2-12(3-9-15)10-11-16/h2-9,17H,10-11,16H2,1H3. The van der Waals surface area contributed by atoms with Crippen molar-refractivity contribution in [3.05, 3.63) is 54.1 Å². The molecule has 0 unspecified atom stereocenters. The maximum absolute atomic E-state index is 12.3. The van der Waals surface area contributed by atoms with E-state index in [1.807, 2.05) is 0 Å². The normalized spacial score (nSPS) is 11.1. The molecule has 2 rings (SSSR count). The number of hydrogen-bond donors (Lipinski definition) is 2. The molecule has 3 N–H and O–H groups in total. The zero-order chi connectivity index (χ0) is 15.3. The second-order valence-corrected chi connectivity index (χ2v) is 6.20. The Balaban J connectivity index is 2.16. The first-order valence-corrected chi connectivity index (χ1v) is 7.99. The summed E-state index contributed by atoms with van der Waals surface area (Å²) in [5, 5.41) is 0. The van der Waals surface area contributed by atoms with Gasteiger partial charge in [0.2, 0.25) is 0 Å². The van der Waals surface area contributed by atoms with Gasteiger partial charge in [0.1, 0.15) is 5.75 Å². The van der Waals surface area contributed by atoms with E-state index in [4.69, 9.17) is 10.5 Å². The van der Waals surface area contributed by atoms with Gasteiger partial charge < -0.3 is 10.5 Å². The van der Waals surface area contributed by atoms with Crippen molar-refractivity contribution < 1.29 is 13.2 Å². The molecule has 0 aliphatic heterocycles. The van der Waals surface area contributed by atoms with Crippen LogP contribution in [0, 0.1) is 0 Å². The average Bonchev–Trinajstić information content (AvgIpc) is 2.48. The van der Waals surface area contributed by atoms with Crippen molar-refractivity contribution in [2.75, 3.05) is 18.4 Å². The highest BCUT2D eigenvalue weighted by Crippen LogP contribution is 2.19. The molecule has 0 heterocycles. The smallest absolute Gasteiger partial charge is 0.261 e. The van der Waals surface area contributed by atoms with Crippen LogP contribution in [-0.2, 0) is 16.4 Å². The molecule has 6 heteroatoms. The number of rotatable bonds is 6. The van der Waals surface area contributed by atoms with Crippen LogP contribution in [0.3, 0.4) is 0 Å². The molecule has 2 aromatic rings. The lowest BCUT2D eigenvalue weighted by atomic mass is 10.2. The van der Waals surface area contributed by atoms with E-state index in [2.05, 4.69) is 4.72 Å². The van der Waals surface area contributed by atoms with Gasteiger partial charge in [0.25, 0.3) is 10.0 Å². The lowest BCUT2D eigenvalue weighted by Crippen LogP contribution is -2.13. The zero-order valence-electron chi connectivity index (χ0n) is 11.7. The van der Waals surface area contributed by atoms with Gasteiger partial charge in [-0.2, -0.15) is 0 Å². The van der Waals surface area contributed by atoms with Gasteiger partial charge in [0.05, 0.1) is 12.0 Å². The molecule has 0 atom stereocenters. The fourth-order valence-corrected chi connectivity index (χ4v) is 2.93.